The van der Waals surface area contributed by atoms with E-state index in [2.05, 4.69) is 0 Å². The van der Waals surface area contributed by atoms with Crippen molar-refractivity contribution in [3.05, 3.63) is 59.4 Å². The summed E-state index contributed by atoms with van der Waals surface area (Å²) in [5.74, 6) is -1.93. The van der Waals surface area contributed by atoms with E-state index in [-0.39, 0.29) is 16.7 Å². The molecule has 0 saturated heterocycles. The van der Waals surface area contributed by atoms with Gasteiger partial charge in [-0.3, -0.25) is 4.79 Å². The second-order valence-corrected chi connectivity index (χ2v) is 4.42. The molecule has 0 spiro atoms. The molecule has 0 unspecified atom stereocenters. The molecule has 0 aromatic heterocycles. The van der Waals surface area contributed by atoms with Crippen molar-refractivity contribution in [3.63, 3.8) is 0 Å². The summed E-state index contributed by atoms with van der Waals surface area (Å²) in [6.45, 7) is 0. The van der Waals surface area contributed by atoms with Crippen LogP contribution >= 0.6 is 0 Å². The fourth-order valence-electron chi connectivity index (χ4n) is 2.08. The molecular formula is C15H10F4O2. The molecule has 0 aliphatic heterocycles. The van der Waals surface area contributed by atoms with Crippen molar-refractivity contribution in [3.8, 4) is 11.1 Å². The smallest absolute Gasteiger partial charge is 0.417 e. The van der Waals surface area contributed by atoms with Crippen LogP contribution in [0.25, 0.3) is 11.1 Å². The van der Waals surface area contributed by atoms with Crippen LogP contribution in [0.5, 0.6) is 0 Å². The maximum atomic E-state index is 13.4. The maximum Gasteiger partial charge on any atom is 0.417 e. The first-order chi connectivity index (χ1) is 9.79. The van der Waals surface area contributed by atoms with Crippen LogP contribution in [0.4, 0.5) is 17.6 Å². The molecule has 6 heteroatoms. The molecule has 2 nitrogen and oxygen atoms in total. The summed E-state index contributed by atoms with van der Waals surface area (Å²) < 4.78 is 52.4. The van der Waals surface area contributed by atoms with Gasteiger partial charge in [0, 0.05) is 0 Å². The normalized spacial score (nSPS) is 11.4. The van der Waals surface area contributed by atoms with Crippen LogP contribution in [0, 0.1) is 5.82 Å². The number of carboxylic acids is 1. The maximum absolute atomic E-state index is 13.4. The molecule has 0 amide bonds. The topological polar surface area (TPSA) is 37.3 Å². The van der Waals surface area contributed by atoms with E-state index < -0.39 is 29.9 Å². The third-order valence-electron chi connectivity index (χ3n) is 2.94. The number of halogens is 4. The Hall–Kier alpha value is -2.37. The molecule has 2 rings (SSSR count). The Balaban J connectivity index is 2.67. The van der Waals surface area contributed by atoms with Gasteiger partial charge in [0.25, 0.3) is 0 Å². The summed E-state index contributed by atoms with van der Waals surface area (Å²) in [6.07, 6.45) is -5.09. The molecular weight excluding hydrogens is 288 g/mol. The minimum absolute atomic E-state index is 0.0645. The van der Waals surface area contributed by atoms with E-state index >= 15 is 0 Å². The molecule has 2 aromatic carbocycles. The lowest BCUT2D eigenvalue weighted by molar-refractivity contribution is -0.137. The minimum atomic E-state index is -4.61. The highest BCUT2D eigenvalue weighted by Crippen LogP contribution is 2.38. The summed E-state index contributed by atoms with van der Waals surface area (Å²) >= 11 is 0. The monoisotopic (exact) mass is 298 g/mol. The average molecular weight is 298 g/mol. The molecule has 0 fully saturated rings. The zero-order valence-electron chi connectivity index (χ0n) is 10.6. The van der Waals surface area contributed by atoms with Crippen molar-refractivity contribution in [2.75, 3.05) is 0 Å². The highest BCUT2D eigenvalue weighted by molar-refractivity contribution is 5.78. The van der Waals surface area contributed by atoms with E-state index in [1.807, 2.05) is 0 Å². The van der Waals surface area contributed by atoms with Crippen molar-refractivity contribution in [2.45, 2.75) is 12.6 Å². The third-order valence-corrected chi connectivity index (χ3v) is 2.94. The van der Waals surface area contributed by atoms with Crippen LogP contribution < -0.4 is 0 Å². The first kappa shape index (κ1) is 15.0. The van der Waals surface area contributed by atoms with Gasteiger partial charge in [-0.25, -0.2) is 4.39 Å². The number of benzene rings is 2. The molecule has 110 valence electrons. The van der Waals surface area contributed by atoms with Gasteiger partial charge in [-0.15, -0.1) is 0 Å². The Bertz CT molecular complexity index is 678. The summed E-state index contributed by atoms with van der Waals surface area (Å²) in [4.78, 5) is 10.8. The van der Waals surface area contributed by atoms with Gasteiger partial charge in [-0.1, -0.05) is 24.3 Å². The van der Waals surface area contributed by atoms with Gasteiger partial charge in [0.1, 0.15) is 5.82 Å². The molecule has 0 saturated carbocycles. The van der Waals surface area contributed by atoms with E-state index in [0.717, 1.165) is 18.2 Å². The van der Waals surface area contributed by atoms with Gasteiger partial charge < -0.3 is 5.11 Å². The van der Waals surface area contributed by atoms with Crippen molar-refractivity contribution < 1.29 is 27.5 Å². The second kappa shape index (κ2) is 5.55. The molecule has 0 bridgehead atoms. The summed E-state index contributed by atoms with van der Waals surface area (Å²) in [5.41, 5.74) is -1.10. The first-order valence-corrected chi connectivity index (χ1v) is 5.96. The van der Waals surface area contributed by atoms with Gasteiger partial charge in [0.05, 0.1) is 12.0 Å². The number of rotatable bonds is 3. The molecule has 0 radical (unpaired) electrons. The number of carbonyl (C=O) groups is 1. The molecule has 0 atom stereocenters. The highest BCUT2D eigenvalue weighted by Gasteiger charge is 2.33. The van der Waals surface area contributed by atoms with Gasteiger partial charge in [0.15, 0.2) is 0 Å². The molecule has 1 N–H and O–H groups in total. The quantitative estimate of drug-likeness (QED) is 0.865. The van der Waals surface area contributed by atoms with Gasteiger partial charge in [-0.05, 0) is 34.9 Å². The Labute approximate surface area is 117 Å². The molecule has 0 heterocycles. The fourth-order valence-corrected chi connectivity index (χ4v) is 2.08. The summed E-state index contributed by atoms with van der Waals surface area (Å²) in [5, 5.41) is 8.82. The standard InChI is InChI=1S/C15H10F4O2/c16-10-6-5-9(7-14(20)21)12(8-10)11-3-1-2-4-13(11)15(17,18)19/h1-6,8H,7H2,(H,20,21). The van der Waals surface area contributed by atoms with Crippen LogP contribution in [0.1, 0.15) is 11.1 Å². The summed E-state index contributed by atoms with van der Waals surface area (Å²) in [6, 6.07) is 7.82. The number of hydrogen-bond donors (Lipinski definition) is 1. The van der Waals surface area contributed by atoms with Crippen LogP contribution in [-0.4, -0.2) is 11.1 Å². The van der Waals surface area contributed by atoms with E-state index in [9.17, 15) is 22.4 Å². The van der Waals surface area contributed by atoms with E-state index in [0.29, 0.717) is 0 Å². The third kappa shape index (κ3) is 3.39. The van der Waals surface area contributed by atoms with Gasteiger partial charge in [-0.2, -0.15) is 13.2 Å². The number of alkyl halides is 3. The minimum Gasteiger partial charge on any atom is -0.481 e. The predicted molar refractivity (Wildman–Crippen MR) is 68.2 cm³/mol. The Morgan fingerprint density at radius 1 is 1.05 bits per heavy atom. The van der Waals surface area contributed by atoms with Crippen molar-refractivity contribution in [1.29, 1.82) is 0 Å². The van der Waals surface area contributed by atoms with Crippen LogP contribution in [0.15, 0.2) is 42.5 Å². The van der Waals surface area contributed by atoms with E-state index in [4.69, 9.17) is 5.11 Å². The lowest BCUT2D eigenvalue weighted by atomic mass is 9.93. The molecule has 21 heavy (non-hydrogen) atoms. The number of carboxylic acid groups (broad SMARTS) is 1. The van der Waals surface area contributed by atoms with Crippen molar-refractivity contribution in [1.82, 2.24) is 0 Å². The lowest BCUT2D eigenvalue weighted by Gasteiger charge is -2.15. The molecule has 0 aliphatic carbocycles. The van der Waals surface area contributed by atoms with Crippen molar-refractivity contribution in [2.24, 2.45) is 0 Å². The zero-order chi connectivity index (χ0) is 15.6. The Morgan fingerprint density at radius 2 is 1.71 bits per heavy atom. The SMILES string of the molecule is O=C(O)Cc1ccc(F)cc1-c1ccccc1C(F)(F)F. The van der Waals surface area contributed by atoms with Crippen LogP contribution in [0.3, 0.4) is 0 Å². The lowest BCUT2D eigenvalue weighted by Crippen LogP contribution is -2.09. The molecule has 2 aromatic rings. The first-order valence-electron chi connectivity index (χ1n) is 5.96. The zero-order valence-corrected chi connectivity index (χ0v) is 10.6. The fraction of sp³-hybridized carbons (Fsp3) is 0.133. The van der Waals surface area contributed by atoms with Crippen molar-refractivity contribution >= 4 is 5.97 Å². The van der Waals surface area contributed by atoms with Crippen LogP contribution in [0.2, 0.25) is 0 Å². The number of aliphatic carboxylic acids is 1. The van der Waals surface area contributed by atoms with E-state index in [1.165, 1.54) is 24.3 Å². The predicted octanol–water partition coefficient (Wildman–Crippen LogP) is 4.14. The Morgan fingerprint density at radius 3 is 2.33 bits per heavy atom. The van der Waals surface area contributed by atoms with Gasteiger partial charge in [0.2, 0.25) is 0 Å². The van der Waals surface area contributed by atoms with Gasteiger partial charge >= 0.3 is 12.1 Å². The summed E-state index contributed by atoms with van der Waals surface area (Å²) in [7, 11) is 0. The highest BCUT2D eigenvalue weighted by atomic mass is 19.4. The molecule has 0 aliphatic rings. The average Bonchev–Trinajstić information content (AvgIpc) is 2.39. The van der Waals surface area contributed by atoms with E-state index in [1.54, 1.807) is 0 Å². The van der Waals surface area contributed by atoms with Crippen LogP contribution in [-0.2, 0) is 17.4 Å². The largest absolute Gasteiger partial charge is 0.481 e. The second-order valence-electron chi connectivity index (χ2n) is 4.42. The Kier molecular flexibility index (Phi) is 3.97. The number of hydrogen-bond acceptors (Lipinski definition) is 1.